The minimum absolute atomic E-state index is 0.0402. The monoisotopic (exact) mass is 381 g/mol. The third kappa shape index (κ3) is 4.73. The van der Waals surface area contributed by atoms with Gasteiger partial charge in [0.1, 0.15) is 22.5 Å². The van der Waals surface area contributed by atoms with Crippen LogP contribution in [0.3, 0.4) is 0 Å². The second-order valence-corrected chi connectivity index (χ2v) is 5.80. The highest BCUT2D eigenvalue weighted by Gasteiger charge is 2.10. The summed E-state index contributed by atoms with van der Waals surface area (Å²) in [7, 11) is 0. The van der Waals surface area contributed by atoms with E-state index in [0.717, 1.165) is 28.7 Å². The largest absolute Gasteiger partial charge is 0.506 e. The second-order valence-electron chi connectivity index (χ2n) is 5.80. The van der Waals surface area contributed by atoms with Crippen molar-refractivity contribution < 1.29 is 24.2 Å². The van der Waals surface area contributed by atoms with E-state index in [1.807, 2.05) is 24.3 Å². The molecule has 0 bridgehead atoms. The highest BCUT2D eigenvalue weighted by molar-refractivity contribution is 5.91. The van der Waals surface area contributed by atoms with Crippen LogP contribution in [0.4, 0.5) is 0 Å². The van der Waals surface area contributed by atoms with Crippen molar-refractivity contribution in [1.82, 2.24) is 15.0 Å². The number of nitrogens with zero attached hydrogens (tertiary/aromatic N) is 3. The van der Waals surface area contributed by atoms with Crippen LogP contribution in [-0.4, -0.2) is 45.3 Å². The smallest absolute Gasteiger partial charge is 0.331 e. The van der Waals surface area contributed by atoms with Gasteiger partial charge >= 0.3 is 11.9 Å². The van der Waals surface area contributed by atoms with Gasteiger partial charge < -0.3 is 14.6 Å². The highest BCUT2D eigenvalue weighted by atomic mass is 16.5. The molecule has 0 aliphatic rings. The van der Waals surface area contributed by atoms with Crippen LogP contribution in [0.15, 0.2) is 54.6 Å². The van der Waals surface area contributed by atoms with Gasteiger partial charge in [0.05, 0.1) is 13.2 Å². The minimum atomic E-state index is -0.632. The first kappa shape index (κ1) is 19.1. The van der Waals surface area contributed by atoms with Gasteiger partial charge in [0.2, 0.25) is 0 Å². The van der Waals surface area contributed by atoms with Gasteiger partial charge in [-0.25, -0.2) is 9.59 Å². The maximum absolute atomic E-state index is 11.6. The third-order valence-electron chi connectivity index (χ3n) is 3.82. The Morgan fingerprint density at radius 3 is 2.32 bits per heavy atom. The van der Waals surface area contributed by atoms with Crippen molar-refractivity contribution >= 4 is 23.0 Å². The maximum atomic E-state index is 11.6. The number of phenols is 1. The number of esters is 2. The summed E-state index contributed by atoms with van der Waals surface area (Å²) >= 11 is 0. The third-order valence-corrected chi connectivity index (χ3v) is 3.82. The molecular formula is C20H19N3O5. The topological polar surface area (TPSA) is 104 Å². The Balaban J connectivity index is 1.63. The van der Waals surface area contributed by atoms with E-state index in [4.69, 9.17) is 4.74 Å². The van der Waals surface area contributed by atoms with Crippen LogP contribution in [0.25, 0.3) is 16.7 Å². The highest BCUT2D eigenvalue weighted by Crippen LogP contribution is 2.23. The van der Waals surface area contributed by atoms with E-state index in [-0.39, 0.29) is 19.0 Å². The SMILES string of the molecule is CCOC(=O)C=CC(=O)OCCc1ccc(O)c(-n2nc3ccccc3n2)c1. The molecule has 1 aromatic heterocycles. The normalized spacial score (nSPS) is 11.0. The molecule has 8 nitrogen and oxygen atoms in total. The zero-order chi connectivity index (χ0) is 19.9. The molecule has 0 amide bonds. The lowest BCUT2D eigenvalue weighted by Gasteiger charge is -2.07. The lowest BCUT2D eigenvalue weighted by molar-refractivity contribution is -0.140. The average molecular weight is 381 g/mol. The molecule has 0 aliphatic carbocycles. The molecule has 3 aromatic rings. The van der Waals surface area contributed by atoms with Gasteiger partial charge in [0, 0.05) is 18.6 Å². The summed E-state index contributed by atoms with van der Waals surface area (Å²) in [5, 5.41) is 18.9. The van der Waals surface area contributed by atoms with Crippen molar-refractivity contribution in [2.75, 3.05) is 13.2 Å². The molecule has 1 N–H and O–H groups in total. The van der Waals surface area contributed by atoms with Crippen molar-refractivity contribution in [2.24, 2.45) is 0 Å². The zero-order valence-electron chi connectivity index (χ0n) is 15.2. The van der Waals surface area contributed by atoms with Crippen molar-refractivity contribution in [2.45, 2.75) is 13.3 Å². The Morgan fingerprint density at radius 1 is 1.04 bits per heavy atom. The number of ether oxygens (including phenoxy) is 2. The fourth-order valence-corrected chi connectivity index (χ4v) is 2.50. The summed E-state index contributed by atoms with van der Waals surface area (Å²) in [5.74, 6) is -1.19. The molecule has 0 saturated heterocycles. The van der Waals surface area contributed by atoms with E-state index in [2.05, 4.69) is 14.9 Å². The Labute approximate surface area is 161 Å². The quantitative estimate of drug-likeness (QED) is 0.495. The number of benzene rings is 2. The van der Waals surface area contributed by atoms with Crippen LogP contribution in [0.2, 0.25) is 0 Å². The van der Waals surface area contributed by atoms with Crippen molar-refractivity contribution in [3.05, 3.63) is 60.2 Å². The number of hydrogen-bond acceptors (Lipinski definition) is 7. The molecule has 0 spiro atoms. The standard InChI is InChI=1S/C20H19N3O5/c1-2-27-19(25)9-10-20(26)28-12-11-14-7-8-18(24)17(13-14)23-21-15-5-3-4-6-16(15)22-23/h3-10,13,24H,2,11-12H2,1H3. The van der Waals surface area contributed by atoms with E-state index < -0.39 is 11.9 Å². The van der Waals surface area contributed by atoms with Crippen molar-refractivity contribution in [1.29, 1.82) is 0 Å². The fraction of sp³-hybridized carbons (Fsp3) is 0.200. The molecule has 0 aliphatic heterocycles. The van der Waals surface area contributed by atoms with E-state index >= 15 is 0 Å². The van der Waals surface area contributed by atoms with Gasteiger partial charge in [-0.05, 0) is 36.8 Å². The first-order valence-electron chi connectivity index (χ1n) is 8.73. The van der Waals surface area contributed by atoms with Crippen LogP contribution in [0, 0.1) is 0 Å². The predicted molar refractivity (Wildman–Crippen MR) is 101 cm³/mol. The van der Waals surface area contributed by atoms with E-state index in [1.54, 1.807) is 25.1 Å². The summed E-state index contributed by atoms with van der Waals surface area (Å²) in [6.07, 6.45) is 2.48. The van der Waals surface area contributed by atoms with Gasteiger partial charge in [0.25, 0.3) is 0 Å². The summed E-state index contributed by atoms with van der Waals surface area (Å²) in [5.41, 5.74) is 2.70. The van der Waals surface area contributed by atoms with Crippen molar-refractivity contribution in [3.8, 4) is 11.4 Å². The Kier molecular flexibility index (Phi) is 6.01. The number of rotatable bonds is 7. The lowest BCUT2D eigenvalue weighted by atomic mass is 10.1. The molecule has 1 heterocycles. The molecule has 8 heteroatoms. The van der Waals surface area contributed by atoms with Crippen LogP contribution < -0.4 is 0 Å². The average Bonchev–Trinajstić information content (AvgIpc) is 3.12. The molecule has 28 heavy (non-hydrogen) atoms. The Hall–Kier alpha value is -3.68. The van der Waals surface area contributed by atoms with E-state index in [1.165, 1.54) is 4.80 Å². The number of carbonyl (C=O) groups excluding carboxylic acids is 2. The molecule has 3 rings (SSSR count). The van der Waals surface area contributed by atoms with E-state index in [0.29, 0.717) is 12.1 Å². The lowest BCUT2D eigenvalue weighted by Crippen LogP contribution is -2.07. The van der Waals surface area contributed by atoms with Gasteiger partial charge in [-0.2, -0.15) is 0 Å². The van der Waals surface area contributed by atoms with Crippen molar-refractivity contribution in [3.63, 3.8) is 0 Å². The van der Waals surface area contributed by atoms with Crippen LogP contribution in [0.1, 0.15) is 12.5 Å². The summed E-state index contributed by atoms with van der Waals surface area (Å²) in [4.78, 5) is 24.1. The first-order chi connectivity index (χ1) is 13.6. The molecule has 0 saturated carbocycles. The Bertz CT molecular complexity index is 993. The number of aromatic hydroxyl groups is 1. The molecule has 0 fully saturated rings. The molecule has 0 unspecified atom stereocenters. The van der Waals surface area contributed by atoms with Gasteiger partial charge in [-0.1, -0.05) is 18.2 Å². The molecule has 0 radical (unpaired) electrons. The fourth-order valence-electron chi connectivity index (χ4n) is 2.50. The molecule has 144 valence electrons. The van der Waals surface area contributed by atoms with Crippen LogP contribution >= 0.6 is 0 Å². The van der Waals surface area contributed by atoms with Crippen LogP contribution in [-0.2, 0) is 25.5 Å². The number of carbonyl (C=O) groups is 2. The first-order valence-corrected chi connectivity index (χ1v) is 8.73. The second kappa shape index (κ2) is 8.81. The molecular weight excluding hydrogens is 362 g/mol. The summed E-state index contributed by atoms with van der Waals surface area (Å²) in [6, 6.07) is 12.4. The summed E-state index contributed by atoms with van der Waals surface area (Å²) < 4.78 is 9.75. The van der Waals surface area contributed by atoms with Gasteiger partial charge in [-0.15, -0.1) is 15.0 Å². The number of hydrogen-bond donors (Lipinski definition) is 1. The predicted octanol–water partition coefficient (Wildman–Crippen LogP) is 2.33. The summed E-state index contributed by atoms with van der Waals surface area (Å²) in [6.45, 7) is 2.03. The zero-order valence-corrected chi connectivity index (χ0v) is 15.2. The number of aromatic nitrogens is 3. The minimum Gasteiger partial charge on any atom is -0.506 e. The van der Waals surface area contributed by atoms with E-state index in [9.17, 15) is 14.7 Å². The van der Waals surface area contributed by atoms with Crippen LogP contribution in [0.5, 0.6) is 5.75 Å². The number of fused-ring (bicyclic) bond motifs is 1. The number of phenolic OH excluding ortho intramolecular Hbond substituents is 1. The van der Waals surface area contributed by atoms with Gasteiger partial charge in [-0.3, -0.25) is 0 Å². The van der Waals surface area contributed by atoms with Gasteiger partial charge in [0.15, 0.2) is 0 Å². The maximum Gasteiger partial charge on any atom is 0.331 e. The molecule has 0 atom stereocenters. The Morgan fingerprint density at radius 2 is 1.68 bits per heavy atom. The molecule has 2 aromatic carbocycles.